The third-order valence-corrected chi connectivity index (χ3v) is 2.16. The van der Waals surface area contributed by atoms with Crippen molar-refractivity contribution in [3.8, 4) is 0 Å². The number of aromatic carboxylic acids is 1. The van der Waals surface area contributed by atoms with Gasteiger partial charge in [0.1, 0.15) is 0 Å². The molecule has 64 valence electrons. The summed E-state index contributed by atoms with van der Waals surface area (Å²) in [5.41, 5.74) is 0.385. The molecule has 3 nitrogen and oxygen atoms in total. The molecule has 0 radical (unpaired) electrons. The van der Waals surface area contributed by atoms with Crippen LogP contribution in [0.15, 0.2) is 18.5 Å². The first-order chi connectivity index (χ1) is 5.75. The summed E-state index contributed by atoms with van der Waals surface area (Å²) in [7, 11) is 0. The molecule has 1 saturated carbocycles. The second-order valence-electron chi connectivity index (χ2n) is 3.35. The molecule has 1 aromatic heterocycles. The summed E-state index contributed by atoms with van der Waals surface area (Å²) in [4.78, 5) is 10.5. The van der Waals surface area contributed by atoms with Crippen molar-refractivity contribution in [3.63, 3.8) is 0 Å². The molecule has 3 heteroatoms. The Morgan fingerprint density at radius 2 is 2.42 bits per heavy atom. The van der Waals surface area contributed by atoms with Crippen molar-refractivity contribution in [2.75, 3.05) is 0 Å². The molecule has 1 aliphatic rings. The van der Waals surface area contributed by atoms with E-state index < -0.39 is 5.97 Å². The molecule has 0 bridgehead atoms. The second-order valence-corrected chi connectivity index (χ2v) is 3.35. The number of aromatic nitrogens is 1. The van der Waals surface area contributed by atoms with Gasteiger partial charge in [-0.05, 0) is 24.8 Å². The SMILES string of the molecule is O=C(O)c1ccn(CC2CC2)c1. The van der Waals surface area contributed by atoms with E-state index >= 15 is 0 Å². The van der Waals surface area contributed by atoms with E-state index in [4.69, 9.17) is 5.11 Å². The van der Waals surface area contributed by atoms with Crippen LogP contribution >= 0.6 is 0 Å². The van der Waals surface area contributed by atoms with Crippen LogP contribution in [-0.2, 0) is 6.54 Å². The molecule has 1 heterocycles. The van der Waals surface area contributed by atoms with Crippen LogP contribution < -0.4 is 0 Å². The first-order valence-corrected chi connectivity index (χ1v) is 4.15. The molecule has 1 aliphatic carbocycles. The Hall–Kier alpha value is -1.25. The van der Waals surface area contributed by atoms with Gasteiger partial charge in [-0.3, -0.25) is 0 Å². The van der Waals surface area contributed by atoms with Crippen molar-refractivity contribution < 1.29 is 9.90 Å². The van der Waals surface area contributed by atoms with Crippen molar-refractivity contribution in [2.24, 2.45) is 5.92 Å². The van der Waals surface area contributed by atoms with E-state index in [0.717, 1.165) is 12.5 Å². The fourth-order valence-corrected chi connectivity index (χ4v) is 1.28. The van der Waals surface area contributed by atoms with Crippen molar-refractivity contribution in [2.45, 2.75) is 19.4 Å². The van der Waals surface area contributed by atoms with E-state index in [2.05, 4.69) is 0 Å². The normalized spacial score (nSPS) is 16.3. The first-order valence-electron chi connectivity index (χ1n) is 4.15. The van der Waals surface area contributed by atoms with Crippen LogP contribution in [0.2, 0.25) is 0 Å². The number of rotatable bonds is 3. The highest BCUT2D eigenvalue weighted by Gasteiger charge is 2.21. The minimum absolute atomic E-state index is 0.385. The number of hydrogen-bond donors (Lipinski definition) is 1. The van der Waals surface area contributed by atoms with E-state index in [1.54, 1.807) is 12.3 Å². The van der Waals surface area contributed by atoms with Gasteiger partial charge in [-0.25, -0.2) is 4.79 Å². The Bertz CT molecular complexity index is 299. The number of carboxylic acids is 1. The number of hydrogen-bond acceptors (Lipinski definition) is 1. The Labute approximate surface area is 70.6 Å². The molecular weight excluding hydrogens is 154 g/mol. The third-order valence-electron chi connectivity index (χ3n) is 2.16. The molecule has 1 fully saturated rings. The van der Waals surface area contributed by atoms with Crippen LogP contribution in [0.25, 0.3) is 0 Å². The fraction of sp³-hybridized carbons (Fsp3) is 0.444. The Morgan fingerprint density at radius 1 is 1.67 bits per heavy atom. The molecule has 0 atom stereocenters. The maximum atomic E-state index is 10.5. The van der Waals surface area contributed by atoms with Crippen molar-refractivity contribution >= 4 is 5.97 Å². The van der Waals surface area contributed by atoms with Gasteiger partial charge in [-0.1, -0.05) is 0 Å². The quantitative estimate of drug-likeness (QED) is 0.739. The van der Waals surface area contributed by atoms with E-state index in [1.807, 2.05) is 10.8 Å². The molecule has 0 aromatic carbocycles. The molecule has 0 saturated heterocycles. The van der Waals surface area contributed by atoms with E-state index in [1.165, 1.54) is 12.8 Å². The molecule has 1 aromatic rings. The molecule has 0 amide bonds. The minimum Gasteiger partial charge on any atom is -0.478 e. The van der Waals surface area contributed by atoms with Gasteiger partial charge in [0.25, 0.3) is 0 Å². The summed E-state index contributed by atoms with van der Waals surface area (Å²) in [5.74, 6) is -0.0522. The van der Waals surface area contributed by atoms with E-state index in [0.29, 0.717) is 5.56 Å². The first kappa shape index (κ1) is 7.40. The van der Waals surface area contributed by atoms with E-state index in [-0.39, 0.29) is 0 Å². The summed E-state index contributed by atoms with van der Waals surface area (Å²) in [5, 5.41) is 8.63. The summed E-state index contributed by atoms with van der Waals surface area (Å²) in [6, 6.07) is 1.64. The van der Waals surface area contributed by atoms with Crippen molar-refractivity contribution in [1.82, 2.24) is 4.57 Å². The maximum absolute atomic E-state index is 10.5. The minimum atomic E-state index is -0.843. The van der Waals surface area contributed by atoms with Gasteiger partial charge in [-0.2, -0.15) is 0 Å². The van der Waals surface area contributed by atoms with Crippen LogP contribution in [0, 0.1) is 5.92 Å². The van der Waals surface area contributed by atoms with Gasteiger partial charge in [-0.15, -0.1) is 0 Å². The summed E-state index contributed by atoms with van der Waals surface area (Å²) in [6.45, 7) is 0.979. The van der Waals surface area contributed by atoms with Gasteiger partial charge in [0.15, 0.2) is 0 Å². The number of nitrogens with zero attached hydrogens (tertiary/aromatic N) is 1. The largest absolute Gasteiger partial charge is 0.478 e. The average molecular weight is 165 g/mol. The highest BCUT2D eigenvalue weighted by molar-refractivity contribution is 5.87. The predicted molar refractivity (Wildman–Crippen MR) is 44.1 cm³/mol. The number of carbonyl (C=O) groups is 1. The standard InChI is InChI=1S/C9H11NO2/c11-9(12)8-3-4-10(6-8)5-7-1-2-7/h3-4,6-7H,1-2,5H2,(H,11,12). The van der Waals surface area contributed by atoms with Crippen molar-refractivity contribution in [3.05, 3.63) is 24.0 Å². The van der Waals surface area contributed by atoms with Crippen LogP contribution in [-0.4, -0.2) is 15.6 Å². The average Bonchev–Trinajstić information content (AvgIpc) is 2.66. The summed E-state index contributed by atoms with van der Waals surface area (Å²) in [6.07, 6.45) is 6.11. The Kier molecular flexibility index (Phi) is 1.64. The topological polar surface area (TPSA) is 42.2 Å². The lowest BCUT2D eigenvalue weighted by Gasteiger charge is -1.97. The lowest BCUT2D eigenvalue weighted by atomic mass is 10.3. The Morgan fingerprint density at radius 3 is 2.92 bits per heavy atom. The van der Waals surface area contributed by atoms with Gasteiger partial charge in [0.05, 0.1) is 5.56 Å². The zero-order chi connectivity index (χ0) is 8.55. The highest BCUT2D eigenvalue weighted by Crippen LogP contribution is 2.30. The molecule has 0 spiro atoms. The monoisotopic (exact) mass is 165 g/mol. The molecule has 1 N–H and O–H groups in total. The van der Waals surface area contributed by atoms with Crippen molar-refractivity contribution in [1.29, 1.82) is 0 Å². The van der Waals surface area contributed by atoms with Gasteiger partial charge < -0.3 is 9.67 Å². The predicted octanol–water partition coefficient (Wildman–Crippen LogP) is 1.60. The zero-order valence-electron chi connectivity index (χ0n) is 6.73. The summed E-state index contributed by atoms with van der Waals surface area (Å²) < 4.78 is 1.96. The third kappa shape index (κ3) is 1.49. The summed E-state index contributed by atoms with van der Waals surface area (Å²) >= 11 is 0. The van der Waals surface area contributed by atoms with Crippen LogP contribution in [0.3, 0.4) is 0 Å². The molecule has 0 aliphatic heterocycles. The zero-order valence-corrected chi connectivity index (χ0v) is 6.73. The lowest BCUT2D eigenvalue weighted by Crippen LogP contribution is -1.97. The van der Waals surface area contributed by atoms with Crippen LogP contribution in [0.5, 0.6) is 0 Å². The maximum Gasteiger partial charge on any atom is 0.337 e. The Balaban J connectivity index is 2.06. The van der Waals surface area contributed by atoms with Crippen LogP contribution in [0.1, 0.15) is 23.2 Å². The second kappa shape index (κ2) is 2.66. The lowest BCUT2D eigenvalue weighted by molar-refractivity contribution is 0.0697. The fourth-order valence-electron chi connectivity index (χ4n) is 1.28. The number of carboxylic acid groups (broad SMARTS) is 1. The molecule has 12 heavy (non-hydrogen) atoms. The smallest absolute Gasteiger partial charge is 0.337 e. The van der Waals surface area contributed by atoms with E-state index in [9.17, 15) is 4.79 Å². The van der Waals surface area contributed by atoms with Gasteiger partial charge in [0.2, 0.25) is 0 Å². The van der Waals surface area contributed by atoms with Crippen LogP contribution in [0.4, 0.5) is 0 Å². The molecule has 0 unspecified atom stereocenters. The van der Waals surface area contributed by atoms with Gasteiger partial charge >= 0.3 is 5.97 Å². The molecule has 2 rings (SSSR count). The highest BCUT2D eigenvalue weighted by atomic mass is 16.4. The van der Waals surface area contributed by atoms with Gasteiger partial charge in [0, 0.05) is 18.9 Å². The molecular formula is C9H11NO2.